The van der Waals surface area contributed by atoms with Crippen molar-refractivity contribution in [1.82, 2.24) is 0 Å². The number of halogens is 4. The molecule has 2 rings (SSSR count). The molecule has 0 atom stereocenters. The lowest BCUT2D eigenvalue weighted by Gasteiger charge is -2.10. The van der Waals surface area contributed by atoms with Gasteiger partial charge in [-0.3, -0.25) is 4.55 Å². The molecule has 122 valence electrons. The van der Waals surface area contributed by atoms with Crippen LogP contribution in [0.1, 0.15) is 10.4 Å². The number of benzene rings is 2. The van der Waals surface area contributed by atoms with Gasteiger partial charge < -0.3 is 4.74 Å². The van der Waals surface area contributed by atoms with E-state index >= 15 is 0 Å². The van der Waals surface area contributed by atoms with E-state index in [2.05, 4.69) is 67.8 Å². The molecule has 1 N–H and O–H groups in total. The first-order chi connectivity index (χ1) is 10.6. The van der Waals surface area contributed by atoms with Crippen LogP contribution in [-0.2, 0) is 10.1 Å². The second-order valence-corrected chi connectivity index (χ2v) is 10.3. The lowest BCUT2D eigenvalue weighted by molar-refractivity contribution is 0.0732. The third-order valence-corrected chi connectivity index (χ3v) is 7.98. The molecule has 2 aromatic carbocycles. The Bertz CT molecular complexity index is 895. The zero-order valence-corrected chi connectivity index (χ0v) is 20.3. The van der Waals surface area contributed by atoms with Gasteiger partial charge in [-0.15, -0.1) is 0 Å². The number of hydrogen-bond donors (Lipinski definition) is 1. The fraction of sp³-hybridized carbons (Fsp3) is 0. The van der Waals surface area contributed by atoms with Gasteiger partial charge in [0, 0.05) is 10.7 Å². The Balaban J connectivity index is 2.35. The van der Waals surface area contributed by atoms with E-state index in [9.17, 15) is 13.2 Å². The Hall–Kier alpha value is 0.740. The Morgan fingerprint density at radius 2 is 1.65 bits per heavy atom. The van der Waals surface area contributed by atoms with Gasteiger partial charge in [0.2, 0.25) is 0 Å². The third-order valence-electron chi connectivity index (χ3n) is 2.62. The van der Waals surface area contributed by atoms with Crippen LogP contribution in [0.5, 0.6) is 5.75 Å². The molecule has 5 nitrogen and oxygen atoms in total. The van der Waals surface area contributed by atoms with Crippen molar-refractivity contribution in [3.05, 3.63) is 50.2 Å². The standard InChI is InChI=1S/C13H6I4O5S/c14-6-3-8(12(17)10(16)4-6)13(18)22-11-2-1-7(5-9(11)15)23(19,20)21/h1-5H,(H,19,20,21). The maximum Gasteiger partial charge on any atom is 0.344 e. The molecule has 0 aromatic heterocycles. The molecule has 0 aliphatic rings. The van der Waals surface area contributed by atoms with Gasteiger partial charge >= 0.3 is 5.97 Å². The van der Waals surface area contributed by atoms with Crippen LogP contribution < -0.4 is 4.74 Å². The van der Waals surface area contributed by atoms with E-state index in [1.807, 2.05) is 28.7 Å². The van der Waals surface area contributed by atoms with Crippen molar-refractivity contribution < 1.29 is 22.5 Å². The molecule has 0 saturated heterocycles. The summed E-state index contributed by atoms with van der Waals surface area (Å²) in [5, 5.41) is 0. The highest BCUT2D eigenvalue weighted by atomic mass is 127. The van der Waals surface area contributed by atoms with Crippen LogP contribution in [0, 0.1) is 14.3 Å². The molecule has 0 amide bonds. The number of rotatable bonds is 3. The summed E-state index contributed by atoms with van der Waals surface area (Å²) in [5.74, 6) is -0.295. The molecule has 0 radical (unpaired) electrons. The van der Waals surface area contributed by atoms with E-state index in [1.165, 1.54) is 18.2 Å². The second-order valence-electron chi connectivity index (χ2n) is 4.21. The summed E-state index contributed by atoms with van der Waals surface area (Å²) in [5.41, 5.74) is 0.441. The maximum absolute atomic E-state index is 12.4. The monoisotopic (exact) mass is 782 g/mol. The van der Waals surface area contributed by atoms with Gasteiger partial charge in [-0.05, 0) is 121 Å². The molecule has 0 heterocycles. The van der Waals surface area contributed by atoms with E-state index in [0.717, 1.165) is 10.7 Å². The zero-order valence-electron chi connectivity index (χ0n) is 10.9. The molecular weight excluding hydrogens is 776 g/mol. The van der Waals surface area contributed by atoms with Crippen molar-refractivity contribution in [3.63, 3.8) is 0 Å². The fourth-order valence-corrected chi connectivity index (χ4v) is 5.30. The van der Waals surface area contributed by atoms with E-state index in [1.54, 1.807) is 6.07 Å². The second kappa shape index (κ2) is 7.96. The number of carbonyl (C=O) groups excluding carboxylic acids is 1. The minimum atomic E-state index is -4.29. The summed E-state index contributed by atoms with van der Waals surface area (Å²) >= 11 is 8.18. The van der Waals surface area contributed by atoms with Gasteiger partial charge in [-0.2, -0.15) is 8.42 Å². The van der Waals surface area contributed by atoms with E-state index in [-0.39, 0.29) is 10.6 Å². The smallest absolute Gasteiger partial charge is 0.344 e. The molecule has 0 saturated carbocycles. The summed E-state index contributed by atoms with van der Waals surface area (Å²) in [7, 11) is -4.29. The Kier molecular flexibility index (Phi) is 6.94. The summed E-state index contributed by atoms with van der Waals surface area (Å²) in [6, 6.07) is 7.44. The Morgan fingerprint density at radius 3 is 2.22 bits per heavy atom. The molecule has 0 spiro atoms. The number of hydrogen-bond acceptors (Lipinski definition) is 4. The first-order valence-corrected chi connectivity index (χ1v) is 11.5. The van der Waals surface area contributed by atoms with Crippen LogP contribution >= 0.6 is 90.4 Å². The topological polar surface area (TPSA) is 80.7 Å². The highest BCUT2D eigenvalue weighted by molar-refractivity contribution is 14.1. The summed E-state index contributed by atoms with van der Waals surface area (Å²) in [6.45, 7) is 0. The minimum absolute atomic E-state index is 0.229. The lowest BCUT2D eigenvalue weighted by atomic mass is 10.2. The number of esters is 1. The molecule has 0 aliphatic heterocycles. The molecule has 0 fully saturated rings. The van der Waals surface area contributed by atoms with Gasteiger partial charge in [-0.1, -0.05) is 0 Å². The SMILES string of the molecule is O=C(Oc1ccc(S(=O)(=O)O)cc1I)c1cc(I)cc(I)c1I. The average molecular weight is 782 g/mol. The predicted octanol–water partition coefficient (Wildman–Crippen LogP) is 4.57. The van der Waals surface area contributed by atoms with Crippen LogP contribution in [0.15, 0.2) is 35.2 Å². The van der Waals surface area contributed by atoms with Crippen molar-refractivity contribution in [2.45, 2.75) is 4.90 Å². The van der Waals surface area contributed by atoms with Crippen molar-refractivity contribution in [2.75, 3.05) is 0 Å². The molecule has 0 unspecified atom stereocenters. The van der Waals surface area contributed by atoms with Gasteiger partial charge in [0.05, 0.1) is 14.0 Å². The Morgan fingerprint density at radius 1 is 1.00 bits per heavy atom. The number of carbonyl (C=O) groups is 1. The van der Waals surface area contributed by atoms with Crippen LogP contribution in [0.25, 0.3) is 0 Å². The summed E-state index contributed by atoms with van der Waals surface area (Å²) in [6.07, 6.45) is 0. The molecular formula is C13H6I4O5S. The van der Waals surface area contributed by atoms with Gasteiger partial charge in [0.25, 0.3) is 10.1 Å². The van der Waals surface area contributed by atoms with E-state index in [4.69, 9.17) is 9.29 Å². The van der Waals surface area contributed by atoms with E-state index < -0.39 is 16.1 Å². The highest BCUT2D eigenvalue weighted by Gasteiger charge is 2.18. The Labute approximate surface area is 187 Å². The average Bonchev–Trinajstić information content (AvgIpc) is 2.43. The highest BCUT2D eigenvalue weighted by Crippen LogP contribution is 2.27. The third kappa shape index (κ3) is 5.11. The molecule has 2 aromatic rings. The van der Waals surface area contributed by atoms with Crippen LogP contribution in [0.3, 0.4) is 0 Å². The van der Waals surface area contributed by atoms with Gasteiger partial charge in [0.15, 0.2) is 0 Å². The van der Waals surface area contributed by atoms with Gasteiger partial charge in [-0.25, -0.2) is 4.79 Å². The fourth-order valence-electron chi connectivity index (χ4n) is 1.58. The lowest BCUT2D eigenvalue weighted by Crippen LogP contribution is -2.12. The van der Waals surface area contributed by atoms with Crippen LogP contribution in [0.2, 0.25) is 0 Å². The van der Waals surface area contributed by atoms with Crippen molar-refractivity contribution >= 4 is 106 Å². The molecule has 0 bridgehead atoms. The predicted molar refractivity (Wildman–Crippen MR) is 119 cm³/mol. The minimum Gasteiger partial charge on any atom is -0.422 e. The quantitative estimate of drug-likeness (QED) is 0.163. The summed E-state index contributed by atoms with van der Waals surface area (Å²) in [4.78, 5) is 12.1. The normalized spacial score (nSPS) is 11.3. The molecule has 23 heavy (non-hydrogen) atoms. The zero-order chi connectivity index (χ0) is 17.4. The molecule has 0 aliphatic carbocycles. The van der Waals surface area contributed by atoms with Crippen LogP contribution in [0.4, 0.5) is 0 Å². The van der Waals surface area contributed by atoms with Crippen LogP contribution in [-0.4, -0.2) is 18.9 Å². The first kappa shape index (κ1) is 20.1. The molecule has 10 heteroatoms. The maximum atomic E-state index is 12.4. The van der Waals surface area contributed by atoms with Crippen molar-refractivity contribution in [2.24, 2.45) is 0 Å². The summed E-state index contributed by atoms with van der Waals surface area (Å²) < 4.78 is 39.6. The van der Waals surface area contributed by atoms with Crippen molar-refractivity contribution in [1.29, 1.82) is 0 Å². The largest absolute Gasteiger partial charge is 0.422 e. The first-order valence-electron chi connectivity index (χ1n) is 5.73. The van der Waals surface area contributed by atoms with Crippen molar-refractivity contribution in [3.8, 4) is 5.75 Å². The van der Waals surface area contributed by atoms with E-state index in [0.29, 0.717) is 9.13 Å². The number of ether oxygens (including phenoxy) is 1. The van der Waals surface area contributed by atoms with Gasteiger partial charge in [0.1, 0.15) is 5.75 Å².